The summed E-state index contributed by atoms with van der Waals surface area (Å²) in [7, 11) is 0. The molecule has 0 saturated heterocycles. The molecule has 4 nitrogen and oxygen atoms in total. The Morgan fingerprint density at radius 1 is 1.50 bits per heavy atom. The summed E-state index contributed by atoms with van der Waals surface area (Å²) in [5, 5.41) is 17.4. The van der Waals surface area contributed by atoms with Crippen LogP contribution in [0.3, 0.4) is 0 Å². The van der Waals surface area contributed by atoms with Crippen molar-refractivity contribution in [2.75, 3.05) is 13.2 Å². The van der Waals surface area contributed by atoms with Crippen LogP contribution in [-0.4, -0.2) is 35.8 Å². The van der Waals surface area contributed by atoms with Crippen molar-refractivity contribution >= 4 is 0 Å². The molecule has 4 heteroatoms. The molecule has 0 saturated carbocycles. The standard InChI is InChI=1S/C8H12O4/c9-5-7(10)6-12-8-3-1-2-4-11-8/h1-4,7-10H,5-6H2. The lowest BCUT2D eigenvalue weighted by Crippen LogP contribution is -2.24. The van der Waals surface area contributed by atoms with Crippen molar-refractivity contribution in [1.29, 1.82) is 0 Å². The third-order valence-electron chi connectivity index (χ3n) is 1.33. The van der Waals surface area contributed by atoms with Crippen LogP contribution in [0.5, 0.6) is 0 Å². The lowest BCUT2D eigenvalue weighted by Gasteiger charge is -2.16. The summed E-state index contributed by atoms with van der Waals surface area (Å²) >= 11 is 0. The van der Waals surface area contributed by atoms with E-state index in [2.05, 4.69) is 0 Å². The van der Waals surface area contributed by atoms with Gasteiger partial charge < -0.3 is 19.7 Å². The maximum Gasteiger partial charge on any atom is 0.219 e. The van der Waals surface area contributed by atoms with E-state index in [1.807, 2.05) is 0 Å². The lowest BCUT2D eigenvalue weighted by molar-refractivity contribution is -0.105. The predicted octanol–water partition coefficient (Wildman–Crippen LogP) is -0.218. The molecule has 1 heterocycles. The van der Waals surface area contributed by atoms with Crippen LogP contribution < -0.4 is 0 Å². The topological polar surface area (TPSA) is 58.9 Å². The highest BCUT2D eigenvalue weighted by Crippen LogP contribution is 2.03. The van der Waals surface area contributed by atoms with E-state index in [-0.39, 0.29) is 13.2 Å². The van der Waals surface area contributed by atoms with E-state index < -0.39 is 12.4 Å². The SMILES string of the molecule is OCC(O)COC1C=CC=CO1. The Morgan fingerprint density at radius 2 is 2.33 bits per heavy atom. The molecule has 1 aliphatic heterocycles. The van der Waals surface area contributed by atoms with Gasteiger partial charge in [-0.25, -0.2) is 0 Å². The van der Waals surface area contributed by atoms with Crippen LogP contribution in [0.4, 0.5) is 0 Å². The van der Waals surface area contributed by atoms with Gasteiger partial charge in [-0.05, 0) is 12.2 Å². The third-order valence-corrected chi connectivity index (χ3v) is 1.33. The number of aliphatic hydroxyl groups is 2. The quantitative estimate of drug-likeness (QED) is 0.615. The average molecular weight is 172 g/mol. The van der Waals surface area contributed by atoms with Gasteiger partial charge in [0.05, 0.1) is 19.5 Å². The molecule has 0 aliphatic carbocycles. The van der Waals surface area contributed by atoms with Crippen LogP contribution in [0.1, 0.15) is 0 Å². The predicted molar refractivity (Wildman–Crippen MR) is 42.2 cm³/mol. The zero-order chi connectivity index (χ0) is 8.81. The van der Waals surface area contributed by atoms with Crippen molar-refractivity contribution in [1.82, 2.24) is 0 Å². The fourth-order valence-corrected chi connectivity index (χ4v) is 0.722. The first-order valence-corrected chi connectivity index (χ1v) is 3.72. The van der Waals surface area contributed by atoms with Crippen LogP contribution in [0, 0.1) is 0 Å². The van der Waals surface area contributed by atoms with Crippen LogP contribution in [-0.2, 0) is 9.47 Å². The van der Waals surface area contributed by atoms with Crippen LogP contribution in [0.15, 0.2) is 24.5 Å². The third kappa shape index (κ3) is 3.04. The Kier molecular flexibility index (Phi) is 3.79. The first-order valence-electron chi connectivity index (χ1n) is 3.72. The summed E-state index contributed by atoms with van der Waals surface area (Å²) in [6.07, 6.45) is 5.46. The minimum Gasteiger partial charge on any atom is -0.469 e. The number of aliphatic hydroxyl groups excluding tert-OH is 2. The fourth-order valence-electron chi connectivity index (χ4n) is 0.722. The van der Waals surface area contributed by atoms with Gasteiger partial charge in [-0.15, -0.1) is 0 Å². The summed E-state index contributed by atoms with van der Waals surface area (Å²) in [6, 6.07) is 0. The van der Waals surface area contributed by atoms with Gasteiger partial charge in [-0.2, -0.15) is 0 Å². The van der Waals surface area contributed by atoms with Crippen molar-refractivity contribution in [2.24, 2.45) is 0 Å². The molecule has 0 fully saturated rings. The number of rotatable bonds is 4. The van der Waals surface area contributed by atoms with Crippen molar-refractivity contribution in [3.05, 3.63) is 24.5 Å². The highest BCUT2D eigenvalue weighted by Gasteiger charge is 2.09. The van der Waals surface area contributed by atoms with Gasteiger partial charge in [0.1, 0.15) is 6.10 Å². The Bertz CT molecular complexity index is 176. The van der Waals surface area contributed by atoms with Crippen LogP contribution in [0.2, 0.25) is 0 Å². The van der Waals surface area contributed by atoms with E-state index in [0.29, 0.717) is 0 Å². The molecule has 0 aromatic heterocycles. The van der Waals surface area contributed by atoms with E-state index in [9.17, 15) is 0 Å². The second-order valence-corrected chi connectivity index (χ2v) is 2.39. The minimum atomic E-state index is -0.840. The Balaban J connectivity index is 2.15. The monoisotopic (exact) mass is 172 g/mol. The molecule has 2 N–H and O–H groups in total. The zero-order valence-electron chi connectivity index (χ0n) is 6.59. The summed E-state index contributed by atoms with van der Waals surface area (Å²) in [4.78, 5) is 0. The van der Waals surface area contributed by atoms with Crippen molar-refractivity contribution in [2.45, 2.75) is 12.4 Å². The summed E-state index contributed by atoms with van der Waals surface area (Å²) in [5.74, 6) is 0. The molecule has 0 aromatic carbocycles. The van der Waals surface area contributed by atoms with Gasteiger partial charge in [-0.3, -0.25) is 0 Å². The molecule has 0 bridgehead atoms. The maximum absolute atomic E-state index is 8.92. The average Bonchev–Trinajstić information content (AvgIpc) is 2.16. The van der Waals surface area contributed by atoms with Crippen LogP contribution in [0.25, 0.3) is 0 Å². The van der Waals surface area contributed by atoms with Gasteiger partial charge in [0.15, 0.2) is 0 Å². The number of allylic oxidation sites excluding steroid dienone is 2. The Hall–Kier alpha value is -0.840. The molecule has 1 rings (SSSR count). The normalized spacial score (nSPS) is 23.7. The molecular formula is C8H12O4. The van der Waals surface area contributed by atoms with Crippen molar-refractivity contribution in [3.8, 4) is 0 Å². The molecule has 12 heavy (non-hydrogen) atoms. The van der Waals surface area contributed by atoms with Gasteiger partial charge in [0.25, 0.3) is 0 Å². The van der Waals surface area contributed by atoms with Crippen molar-refractivity contribution in [3.63, 3.8) is 0 Å². The summed E-state index contributed by atoms with van der Waals surface area (Å²) in [5.41, 5.74) is 0. The largest absolute Gasteiger partial charge is 0.469 e. The summed E-state index contributed by atoms with van der Waals surface area (Å²) < 4.78 is 10.1. The van der Waals surface area contributed by atoms with Gasteiger partial charge >= 0.3 is 0 Å². The number of hydrogen-bond donors (Lipinski definition) is 2. The van der Waals surface area contributed by atoms with E-state index in [4.69, 9.17) is 19.7 Å². The molecule has 2 unspecified atom stereocenters. The Labute approximate surface area is 70.7 Å². The minimum absolute atomic E-state index is 0.0688. The molecule has 0 spiro atoms. The first-order chi connectivity index (χ1) is 5.83. The van der Waals surface area contributed by atoms with Crippen molar-refractivity contribution < 1.29 is 19.7 Å². The molecule has 0 radical (unpaired) electrons. The fraction of sp³-hybridized carbons (Fsp3) is 0.500. The molecule has 0 aromatic rings. The maximum atomic E-state index is 8.92. The van der Waals surface area contributed by atoms with Crippen LogP contribution >= 0.6 is 0 Å². The highest BCUT2D eigenvalue weighted by atomic mass is 16.7. The smallest absolute Gasteiger partial charge is 0.219 e. The second-order valence-electron chi connectivity index (χ2n) is 2.39. The van der Waals surface area contributed by atoms with E-state index in [0.717, 1.165) is 0 Å². The van der Waals surface area contributed by atoms with Gasteiger partial charge in [0, 0.05) is 0 Å². The lowest BCUT2D eigenvalue weighted by atomic mass is 10.4. The summed E-state index contributed by atoms with van der Waals surface area (Å²) in [6.45, 7) is -0.231. The molecule has 2 atom stereocenters. The van der Waals surface area contributed by atoms with E-state index in [1.54, 1.807) is 18.2 Å². The van der Waals surface area contributed by atoms with Gasteiger partial charge in [-0.1, -0.05) is 6.08 Å². The zero-order valence-corrected chi connectivity index (χ0v) is 6.59. The second kappa shape index (κ2) is 4.92. The highest BCUT2D eigenvalue weighted by molar-refractivity contribution is 5.05. The number of hydrogen-bond acceptors (Lipinski definition) is 4. The molecule has 68 valence electrons. The molecule has 0 amide bonds. The molecular weight excluding hydrogens is 160 g/mol. The Morgan fingerprint density at radius 3 is 2.92 bits per heavy atom. The van der Waals surface area contributed by atoms with E-state index >= 15 is 0 Å². The van der Waals surface area contributed by atoms with Gasteiger partial charge in [0.2, 0.25) is 6.29 Å². The van der Waals surface area contributed by atoms with E-state index in [1.165, 1.54) is 6.26 Å². The molecule has 1 aliphatic rings. The number of ether oxygens (including phenoxy) is 2. The first kappa shape index (κ1) is 9.25.